The molecular formula is C20H21N3O6. The van der Waals surface area contributed by atoms with Gasteiger partial charge in [-0.05, 0) is 18.6 Å². The molecule has 0 radical (unpaired) electrons. The van der Waals surface area contributed by atoms with E-state index in [2.05, 4.69) is 4.98 Å². The van der Waals surface area contributed by atoms with Crippen molar-refractivity contribution in [1.29, 1.82) is 0 Å². The molecule has 1 unspecified atom stereocenters. The fourth-order valence-electron chi connectivity index (χ4n) is 3.64. The van der Waals surface area contributed by atoms with Gasteiger partial charge in [-0.25, -0.2) is 4.79 Å². The number of aliphatic hydroxyl groups is 3. The van der Waals surface area contributed by atoms with Gasteiger partial charge in [0.15, 0.2) is 6.23 Å². The first-order valence-corrected chi connectivity index (χ1v) is 9.16. The summed E-state index contributed by atoms with van der Waals surface area (Å²) in [6.45, 7) is 1.06. The number of pyridine rings is 1. The summed E-state index contributed by atoms with van der Waals surface area (Å²) in [6, 6.07) is 12.2. The van der Waals surface area contributed by atoms with E-state index in [0.717, 1.165) is 10.1 Å². The highest BCUT2D eigenvalue weighted by atomic mass is 16.6. The molecule has 2 aromatic heterocycles. The van der Waals surface area contributed by atoms with Crippen LogP contribution < -0.4 is 11.2 Å². The summed E-state index contributed by atoms with van der Waals surface area (Å²) in [7, 11) is 0. The molecule has 4 rings (SSSR count). The van der Waals surface area contributed by atoms with E-state index in [4.69, 9.17) is 4.74 Å². The standard InChI is InChI=1S/C20H21N3O6/c1-20(28)16(26)14(11-24)29-18(20)23-10-13-7-8-15(25)22(17(13)21-19(23)27)9-12-5-3-2-4-6-12/h2-8,10,14,16,18,24,26,28H,9,11H2,1H3/t14?,16-,18-,20-/m1/s1. The van der Waals surface area contributed by atoms with Crippen LogP contribution in [-0.2, 0) is 11.3 Å². The molecule has 3 aromatic rings. The summed E-state index contributed by atoms with van der Waals surface area (Å²) in [5, 5.41) is 30.7. The van der Waals surface area contributed by atoms with Gasteiger partial charge in [-0.3, -0.25) is 13.9 Å². The van der Waals surface area contributed by atoms with Gasteiger partial charge < -0.3 is 20.1 Å². The van der Waals surface area contributed by atoms with Gasteiger partial charge in [0.25, 0.3) is 5.56 Å². The molecule has 4 atom stereocenters. The minimum absolute atomic E-state index is 0.208. The molecular weight excluding hydrogens is 378 g/mol. The van der Waals surface area contributed by atoms with Gasteiger partial charge in [-0.2, -0.15) is 4.98 Å². The predicted octanol–water partition coefficient (Wildman–Crippen LogP) is -0.392. The first kappa shape index (κ1) is 19.5. The average Bonchev–Trinajstić information content (AvgIpc) is 2.94. The number of ether oxygens (including phenoxy) is 1. The third-order valence-electron chi connectivity index (χ3n) is 5.26. The summed E-state index contributed by atoms with van der Waals surface area (Å²) in [6.07, 6.45) is -2.23. The Labute approximate surface area is 165 Å². The van der Waals surface area contributed by atoms with Gasteiger partial charge in [0.2, 0.25) is 0 Å². The molecule has 1 fully saturated rings. The van der Waals surface area contributed by atoms with Crippen molar-refractivity contribution in [2.45, 2.75) is 37.5 Å². The zero-order valence-corrected chi connectivity index (χ0v) is 15.7. The van der Waals surface area contributed by atoms with Crippen LogP contribution in [0.25, 0.3) is 11.0 Å². The molecule has 1 aliphatic heterocycles. The number of rotatable bonds is 4. The highest BCUT2D eigenvalue weighted by Crippen LogP contribution is 2.37. The maximum absolute atomic E-state index is 12.7. The van der Waals surface area contributed by atoms with Crippen LogP contribution in [0.15, 0.2) is 58.3 Å². The summed E-state index contributed by atoms with van der Waals surface area (Å²) in [4.78, 5) is 29.2. The van der Waals surface area contributed by atoms with Crippen LogP contribution in [-0.4, -0.2) is 53.9 Å². The SMILES string of the molecule is C[C@@]1(O)[C@H](O)C(CO)O[C@H]1n1cc2ccc(=O)n(Cc3ccccc3)c2nc1=O. The van der Waals surface area contributed by atoms with Crippen LogP contribution >= 0.6 is 0 Å². The lowest BCUT2D eigenvalue weighted by molar-refractivity contribution is -0.0985. The number of aliphatic hydroxyl groups excluding tert-OH is 2. The maximum atomic E-state index is 12.7. The largest absolute Gasteiger partial charge is 0.394 e. The van der Waals surface area contributed by atoms with E-state index in [1.54, 1.807) is 0 Å². The summed E-state index contributed by atoms with van der Waals surface area (Å²) < 4.78 is 7.97. The molecule has 1 aliphatic rings. The lowest BCUT2D eigenvalue weighted by Crippen LogP contribution is -2.46. The minimum atomic E-state index is -1.81. The van der Waals surface area contributed by atoms with Gasteiger partial charge in [-0.15, -0.1) is 0 Å². The Kier molecular flexibility index (Phi) is 4.83. The highest BCUT2D eigenvalue weighted by Gasteiger charge is 2.53. The molecule has 3 heterocycles. The fourth-order valence-corrected chi connectivity index (χ4v) is 3.64. The van der Waals surface area contributed by atoms with Crippen molar-refractivity contribution in [1.82, 2.24) is 14.1 Å². The van der Waals surface area contributed by atoms with E-state index in [1.807, 2.05) is 30.3 Å². The van der Waals surface area contributed by atoms with Crippen molar-refractivity contribution in [3.8, 4) is 0 Å². The van der Waals surface area contributed by atoms with E-state index < -0.39 is 36.3 Å². The third kappa shape index (κ3) is 3.28. The zero-order chi connectivity index (χ0) is 20.8. The van der Waals surface area contributed by atoms with E-state index >= 15 is 0 Å². The molecule has 9 nitrogen and oxygen atoms in total. The van der Waals surface area contributed by atoms with Gasteiger partial charge in [0, 0.05) is 17.6 Å². The van der Waals surface area contributed by atoms with Crippen LogP contribution in [0.4, 0.5) is 0 Å². The number of hydrogen-bond acceptors (Lipinski definition) is 7. The van der Waals surface area contributed by atoms with E-state index in [1.165, 1.54) is 29.8 Å². The molecule has 0 aliphatic carbocycles. The Morgan fingerprint density at radius 1 is 1.17 bits per heavy atom. The molecule has 0 bridgehead atoms. The summed E-state index contributed by atoms with van der Waals surface area (Å²) in [5.41, 5.74) is -1.78. The van der Waals surface area contributed by atoms with Crippen molar-refractivity contribution >= 4 is 11.0 Å². The van der Waals surface area contributed by atoms with Gasteiger partial charge in [0.1, 0.15) is 23.5 Å². The second kappa shape index (κ2) is 7.20. The van der Waals surface area contributed by atoms with Crippen LogP contribution in [0, 0.1) is 0 Å². The number of benzene rings is 1. The fraction of sp³-hybridized carbons (Fsp3) is 0.350. The third-order valence-corrected chi connectivity index (χ3v) is 5.26. The topological polar surface area (TPSA) is 127 Å². The molecule has 9 heteroatoms. The quantitative estimate of drug-likeness (QED) is 0.545. The van der Waals surface area contributed by atoms with Crippen LogP contribution in [0.1, 0.15) is 18.7 Å². The van der Waals surface area contributed by atoms with E-state index in [-0.39, 0.29) is 17.8 Å². The Balaban J connectivity index is 1.82. The van der Waals surface area contributed by atoms with Crippen molar-refractivity contribution in [2.24, 2.45) is 0 Å². The summed E-state index contributed by atoms with van der Waals surface area (Å²) in [5.74, 6) is 0. The second-order valence-corrected chi connectivity index (χ2v) is 7.33. The first-order chi connectivity index (χ1) is 13.8. The molecule has 0 saturated carbocycles. The van der Waals surface area contributed by atoms with Crippen molar-refractivity contribution in [3.05, 3.63) is 75.1 Å². The lowest BCUT2D eigenvalue weighted by atomic mass is 9.96. The monoisotopic (exact) mass is 399 g/mol. The average molecular weight is 399 g/mol. The number of aromatic nitrogens is 3. The molecule has 1 aromatic carbocycles. The van der Waals surface area contributed by atoms with Gasteiger partial charge in [0.05, 0.1) is 13.2 Å². The van der Waals surface area contributed by atoms with Crippen LogP contribution in [0.2, 0.25) is 0 Å². The van der Waals surface area contributed by atoms with Crippen molar-refractivity contribution < 1.29 is 20.1 Å². The Bertz CT molecular complexity index is 1150. The molecule has 152 valence electrons. The number of nitrogens with zero attached hydrogens (tertiary/aromatic N) is 3. The Hall–Kier alpha value is -2.85. The van der Waals surface area contributed by atoms with Gasteiger partial charge >= 0.3 is 5.69 Å². The number of fused-ring (bicyclic) bond motifs is 1. The molecule has 1 saturated heterocycles. The predicted molar refractivity (Wildman–Crippen MR) is 103 cm³/mol. The molecule has 29 heavy (non-hydrogen) atoms. The zero-order valence-electron chi connectivity index (χ0n) is 15.7. The Morgan fingerprint density at radius 3 is 2.55 bits per heavy atom. The van der Waals surface area contributed by atoms with Gasteiger partial charge in [-0.1, -0.05) is 30.3 Å². The Morgan fingerprint density at radius 2 is 1.90 bits per heavy atom. The second-order valence-electron chi connectivity index (χ2n) is 7.33. The molecule has 0 amide bonds. The van der Waals surface area contributed by atoms with E-state index in [0.29, 0.717) is 5.39 Å². The molecule has 3 N–H and O–H groups in total. The van der Waals surface area contributed by atoms with E-state index in [9.17, 15) is 24.9 Å². The number of hydrogen-bond donors (Lipinski definition) is 3. The van der Waals surface area contributed by atoms with Crippen LogP contribution in [0.5, 0.6) is 0 Å². The molecule has 0 spiro atoms. The summed E-state index contributed by atoms with van der Waals surface area (Å²) >= 11 is 0. The van der Waals surface area contributed by atoms with Crippen molar-refractivity contribution in [3.63, 3.8) is 0 Å². The maximum Gasteiger partial charge on any atom is 0.351 e. The van der Waals surface area contributed by atoms with Crippen molar-refractivity contribution in [2.75, 3.05) is 6.61 Å². The minimum Gasteiger partial charge on any atom is -0.394 e. The van der Waals surface area contributed by atoms with Crippen LogP contribution in [0.3, 0.4) is 0 Å². The smallest absolute Gasteiger partial charge is 0.351 e. The highest BCUT2D eigenvalue weighted by molar-refractivity contribution is 5.73. The first-order valence-electron chi connectivity index (χ1n) is 9.16. The lowest BCUT2D eigenvalue weighted by Gasteiger charge is -2.27. The normalized spacial score (nSPS) is 26.8.